The van der Waals surface area contributed by atoms with Gasteiger partial charge >= 0.3 is 0 Å². The zero-order chi connectivity index (χ0) is 12.0. The Bertz CT molecular complexity index is 359. The molecule has 0 amide bonds. The van der Waals surface area contributed by atoms with Crippen LogP contribution in [0.1, 0.15) is 47.5 Å². The van der Waals surface area contributed by atoms with Crippen LogP contribution >= 0.6 is 11.3 Å². The Labute approximate surface area is 103 Å². The van der Waals surface area contributed by atoms with Crippen molar-refractivity contribution in [2.45, 2.75) is 46.1 Å². The van der Waals surface area contributed by atoms with E-state index in [1.807, 2.05) is 11.3 Å². The van der Waals surface area contributed by atoms with E-state index in [9.17, 15) is 0 Å². The van der Waals surface area contributed by atoms with Crippen molar-refractivity contribution in [3.63, 3.8) is 0 Å². The van der Waals surface area contributed by atoms with Crippen LogP contribution in [0.2, 0.25) is 0 Å². The van der Waals surface area contributed by atoms with E-state index in [-0.39, 0.29) is 0 Å². The number of rotatable bonds is 6. The van der Waals surface area contributed by atoms with Crippen molar-refractivity contribution in [3.05, 3.63) is 21.4 Å². The smallest absolute Gasteiger partial charge is 0.0302 e. The third-order valence-corrected chi connectivity index (χ3v) is 3.73. The molecule has 1 heterocycles. The molecule has 0 radical (unpaired) electrons. The van der Waals surface area contributed by atoms with Gasteiger partial charge in [-0.1, -0.05) is 0 Å². The lowest BCUT2D eigenvalue weighted by atomic mass is 10.1. The average Bonchev–Trinajstić information content (AvgIpc) is 2.57. The molecule has 0 fully saturated rings. The number of hydrogen-bond donors (Lipinski definition) is 1. The fraction of sp³-hybridized carbons (Fsp3) is 0.571. The molecule has 16 heavy (non-hydrogen) atoms. The van der Waals surface area contributed by atoms with Crippen molar-refractivity contribution < 1.29 is 0 Å². The molecule has 1 unspecified atom stereocenters. The van der Waals surface area contributed by atoms with Crippen LogP contribution in [0, 0.1) is 26.2 Å². The average molecular weight is 235 g/mol. The molecule has 1 aromatic rings. The summed E-state index contributed by atoms with van der Waals surface area (Å²) in [6, 6.07) is 2.75. The molecule has 0 aliphatic heterocycles. The second-order valence-electron chi connectivity index (χ2n) is 4.21. The second-order valence-corrected chi connectivity index (χ2v) is 5.67. The number of terminal acetylenes is 1. The highest BCUT2D eigenvalue weighted by Crippen LogP contribution is 2.25. The monoisotopic (exact) mass is 235 g/mol. The van der Waals surface area contributed by atoms with Crippen molar-refractivity contribution in [1.29, 1.82) is 0 Å². The van der Waals surface area contributed by atoms with Gasteiger partial charge in [0.15, 0.2) is 0 Å². The molecule has 0 aliphatic carbocycles. The predicted octanol–water partition coefficient (Wildman–Crippen LogP) is 3.82. The van der Waals surface area contributed by atoms with Crippen molar-refractivity contribution in [2.24, 2.45) is 0 Å². The number of hydrogen-bond acceptors (Lipinski definition) is 2. The summed E-state index contributed by atoms with van der Waals surface area (Å²) in [5.41, 5.74) is 1.44. The van der Waals surface area contributed by atoms with Gasteiger partial charge in [0.05, 0.1) is 0 Å². The normalized spacial score (nSPS) is 12.4. The van der Waals surface area contributed by atoms with Crippen molar-refractivity contribution in [1.82, 2.24) is 5.32 Å². The first kappa shape index (κ1) is 13.3. The van der Waals surface area contributed by atoms with E-state index in [2.05, 4.69) is 38.1 Å². The molecule has 0 saturated carbocycles. The first-order valence-corrected chi connectivity index (χ1v) is 6.70. The summed E-state index contributed by atoms with van der Waals surface area (Å²) < 4.78 is 0. The maximum atomic E-state index is 5.22. The van der Waals surface area contributed by atoms with Crippen LogP contribution in [0.25, 0.3) is 0 Å². The van der Waals surface area contributed by atoms with Crippen molar-refractivity contribution in [3.8, 4) is 12.3 Å². The maximum absolute atomic E-state index is 5.22. The van der Waals surface area contributed by atoms with E-state index >= 15 is 0 Å². The maximum Gasteiger partial charge on any atom is 0.0302 e. The Morgan fingerprint density at radius 1 is 1.44 bits per heavy atom. The molecule has 2 heteroatoms. The largest absolute Gasteiger partial charge is 0.310 e. The number of nitrogens with one attached hydrogen (secondary N) is 1. The van der Waals surface area contributed by atoms with Gasteiger partial charge in [-0.05, 0) is 51.8 Å². The van der Waals surface area contributed by atoms with Gasteiger partial charge < -0.3 is 5.32 Å². The van der Waals surface area contributed by atoms with Gasteiger partial charge in [0.25, 0.3) is 0 Å². The Morgan fingerprint density at radius 3 is 2.75 bits per heavy atom. The Balaban J connectivity index is 2.33. The number of unbranched alkanes of at least 4 members (excludes halogenated alkanes) is 2. The first-order valence-electron chi connectivity index (χ1n) is 5.89. The van der Waals surface area contributed by atoms with Gasteiger partial charge in [-0.2, -0.15) is 0 Å². The second kappa shape index (κ2) is 6.73. The number of thiophene rings is 1. The molecule has 0 saturated heterocycles. The molecule has 1 aromatic heterocycles. The summed E-state index contributed by atoms with van der Waals surface area (Å²) in [5, 5.41) is 3.55. The molecule has 0 bridgehead atoms. The van der Waals surface area contributed by atoms with E-state index in [4.69, 9.17) is 6.42 Å². The molecule has 1 rings (SSSR count). The fourth-order valence-corrected chi connectivity index (χ4v) is 2.88. The first-order chi connectivity index (χ1) is 7.65. The van der Waals surface area contributed by atoms with Crippen LogP contribution in [-0.2, 0) is 0 Å². The Morgan fingerprint density at radius 2 is 2.19 bits per heavy atom. The Hall–Kier alpha value is -0.780. The molecule has 0 aliphatic rings. The van der Waals surface area contributed by atoms with E-state index in [1.54, 1.807) is 0 Å². The summed E-state index contributed by atoms with van der Waals surface area (Å²) >= 11 is 1.88. The van der Waals surface area contributed by atoms with Gasteiger partial charge in [0, 0.05) is 22.2 Å². The standard InChI is InChI=1S/C14H21NS/c1-5-6-7-8-9-15-12(3)14-10-11(2)16-13(14)4/h1,10,12,15H,6-9H2,2-4H3. The minimum absolute atomic E-state index is 0.454. The summed E-state index contributed by atoms with van der Waals surface area (Å²) in [4.78, 5) is 2.83. The molecule has 0 aromatic carbocycles. The van der Waals surface area contributed by atoms with Crippen LogP contribution in [0.15, 0.2) is 6.07 Å². The highest BCUT2D eigenvalue weighted by Gasteiger charge is 2.09. The van der Waals surface area contributed by atoms with Crippen molar-refractivity contribution >= 4 is 11.3 Å². The fourth-order valence-electron chi connectivity index (χ4n) is 1.86. The van der Waals surface area contributed by atoms with Crippen LogP contribution in [0.3, 0.4) is 0 Å². The van der Waals surface area contributed by atoms with Crippen LogP contribution in [0.4, 0.5) is 0 Å². The molecule has 1 atom stereocenters. The minimum Gasteiger partial charge on any atom is -0.310 e. The van der Waals surface area contributed by atoms with E-state index in [0.29, 0.717) is 6.04 Å². The molecule has 88 valence electrons. The number of aryl methyl sites for hydroxylation is 2. The Kier molecular flexibility index (Phi) is 5.59. The lowest BCUT2D eigenvalue weighted by molar-refractivity contribution is 0.549. The van der Waals surface area contributed by atoms with E-state index in [1.165, 1.54) is 15.3 Å². The minimum atomic E-state index is 0.454. The summed E-state index contributed by atoms with van der Waals surface area (Å²) in [5.74, 6) is 2.67. The quantitative estimate of drug-likeness (QED) is 0.584. The highest BCUT2D eigenvalue weighted by molar-refractivity contribution is 7.12. The van der Waals surface area contributed by atoms with Gasteiger partial charge in [0.1, 0.15) is 0 Å². The van der Waals surface area contributed by atoms with Gasteiger partial charge in [-0.3, -0.25) is 0 Å². The molecule has 1 nitrogen and oxygen atoms in total. The molecular formula is C14H21NS. The molecular weight excluding hydrogens is 214 g/mol. The van der Waals surface area contributed by atoms with Crippen LogP contribution in [-0.4, -0.2) is 6.54 Å². The van der Waals surface area contributed by atoms with Crippen molar-refractivity contribution in [2.75, 3.05) is 6.54 Å². The predicted molar refractivity (Wildman–Crippen MR) is 72.9 cm³/mol. The summed E-state index contributed by atoms with van der Waals surface area (Å²) in [7, 11) is 0. The topological polar surface area (TPSA) is 12.0 Å². The van der Waals surface area contributed by atoms with Gasteiger partial charge in [-0.15, -0.1) is 23.7 Å². The van der Waals surface area contributed by atoms with E-state index < -0.39 is 0 Å². The zero-order valence-corrected chi connectivity index (χ0v) is 11.3. The lowest BCUT2D eigenvalue weighted by Crippen LogP contribution is -2.19. The summed E-state index contributed by atoms with van der Waals surface area (Å²) in [6.07, 6.45) is 8.40. The van der Waals surface area contributed by atoms with Gasteiger partial charge in [-0.25, -0.2) is 0 Å². The highest BCUT2D eigenvalue weighted by atomic mass is 32.1. The van der Waals surface area contributed by atoms with Crippen LogP contribution in [0.5, 0.6) is 0 Å². The third-order valence-electron chi connectivity index (χ3n) is 2.74. The van der Waals surface area contributed by atoms with Crippen LogP contribution < -0.4 is 5.32 Å². The van der Waals surface area contributed by atoms with Gasteiger partial charge in [0.2, 0.25) is 0 Å². The molecule has 1 N–H and O–H groups in total. The molecule has 0 spiro atoms. The lowest BCUT2D eigenvalue weighted by Gasteiger charge is -2.13. The van der Waals surface area contributed by atoms with E-state index in [0.717, 1.165) is 25.8 Å². The SMILES string of the molecule is C#CCCCCNC(C)c1cc(C)sc1C. The third kappa shape index (κ3) is 4.00. The zero-order valence-electron chi connectivity index (χ0n) is 10.5. The summed E-state index contributed by atoms with van der Waals surface area (Å²) in [6.45, 7) is 7.65.